The molecule has 0 amide bonds. The lowest BCUT2D eigenvalue weighted by atomic mass is 10.3. The molecule has 3 rings (SSSR count). The first-order chi connectivity index (χ1) is 14.0. The van der Waals surface area contributed by atoms with E-state index in [2.05, 4.69) is 24.8 Å². The normalized spacial score (nSPS) is 18.6. The zero-order valence-electron chi connectivity index (χ0n) is 16.9. The molecule has 2 aliphatic rings. The molecule has 1 saturated heterocycles. The fourth-order valence-corrected chi connectivity index (χ4v) is 4.21. The molecule has 0 bridgehead atoms. The number of hydrogen-bond acceptors (Lipinski definition) is 9. The van der Waals surface area contributed by atoms with Crippen LogP contribution >= 0.6 is 0 Å². The molecule has 1 aromatic carbocycles. The predicted molar refractivity (Wildman–Crippen MR) is 109 cm³/mol. The number of nitrogens with zero attached hydrogens (tertiary/aromatic N) is 3. The van der Waals surface area contributed by atoms with Crippen LogP contribution in [-0.2, 0) is 14.8 Å². The molecule has 10 nitrogen and oxygen atoms in total. The maximum Gasteiger partial charge on any atom is 0.264 e. The van der Waals surface area contributed by atoms with E-state index < -0.39 is 10.0 Å². The van der Waals surface area contributed by atoms with Gasteiger partial charge in [0.15, 0.2) is 11.5 Å². The van der Waals surface area contributed by atoms with Crippen LogP contribution in [0.25, 0.3) is 0 Å². The summed E-state index contributed by atoms with van der Waals surface area (Å²) in [5, 5.41) is 3.03. The van der Waals surface area contributed by atoms with Gasteiger partial charge in [-0.3, -0.25) is 9.80 Å². The summed E-state index contributed by atoms with van der Waals surface area (Å²) in [6.07, 6.45) is 1.03. The summed E-state index contributed by atoms with van der Waals surface area (Å²) < 4.78 is 43.5. The van der Waals surface area contributed by atoms with Crippen LogP contribution in [-0.4, -0.2) is 91.1 Å². The van der Waals surface area contributed by atoms with Gasteiger partial charge in [-0.25, -0.2) is 18.1 Å². The molecule has 0 aliphatic carbocycles. The second kappa shape index (κ2) is 10.1. The summed E-state index contributed by atoms with van der Waals surface area (Å²) >= 11 is 0. The van der Waals surface area contributed by atoms with Gasteiger partial charge in [0.25, 0.3) is 10.0 Å². The Bertz CT molecular complexity index is 811. The van der Waals surface area contributed by atoms with E-state index in [-0.39, 0.29) is 10.9 Å². The Morgan fingerprint density at radius 1 is 1.14 bits per heavy atom. The van der Waals surface area contributed by atoms with E-state index in [0.29, 0.717) is 24.8 Å². The van der Waals surface area contributed by atoms with Crippen molar-refractivity contribution >= 4 is 16.0 Å². The summed E-state index contributed by atoms with van der Waals surface area (Å²) in [5.41, 5.74) is 0. The van der Waals surface area contributed by atoms with Crippen molar-refractivity contribution in [2.75, 3.05) is 66.9 Å². The molecule has 1 aromatic rings. The Kier molecular flexibility index (Phi) is 7.53. The summed E-state index contributed by atoms with van der Waals surface area (Å²) in [5.74, 6) is 1.05. The van der Waals surface area contributed by atoms with E-state index in [4.69, 9.17) is 14.2 Å². The van der Waals surface area contributed by atoms with Crippen LogP contribution < -0.4 is 19.5 Å². The number of methoxy groups -OCH3 is 2. The van der Waals surface area contributed by atoms with E-state index >= 15 is 0 Å². The Morgan fingerprint density at radius 3 is 2.52 bits per heavy atom. The zero-order chi connectivity index (χ0) is 20.7. The van der Waals surface area contributed by atoms with E-state index in [1.54, 1.807) is 6.07 Å². The van der Waals surface area contributed by atoms with E-state index in [0.717, 1.165) is 45.8 Å². The number of nitrogens with one attached hydrogen (secondary N) is 2. The Morgan fingerprint density at radius 2 is 1.86 bits per heavy atom. The van der Waals surface area contributed by atoms with Gasteiger partial charge in [-0.05, 0) is 25.1 Å². The third-order valence-corrected chi connectivity index (χ3v) is 6.18. The second-order valence-electron chi connectivity index (χ2n) is 6.81. The van der Waals surface area contributed by atoms with Crippen LogP contribution in [0, 0.1) is 0 Å². The molecule has 29 heavy (non-hydrogen) atoms. The molecule has 0 saturated carbocycles. The number of hydrogen-bond donors (Lipinski definition) is 2. The second-order valence-corrected chi connectivity index (χ2v) is 8.49. The molecule has 11 heteroatoms. The van der Waals surface area contributed by atoms with Crippen molar-refractivity contribution in [1.29, 1.82) is 0 Å². The number of ether oxygens (including phenoxy) is 3. The molecule has 0 aromatic heterocycles. The first-order valence-corrected chi connectivity index (χ1v) is 11.1. The van der Waals surface area contributed by atoms with Gasteiger partial charge in [-0.1, -0.05) is 0 Å². The highest BCUT2D eigenvalue weighted by molar-refractivity contribution is 7.90. The van der Waals surface area contributed by atoms with Gasteiger partial charge < -0.3 is 19.5 Å². The first-order valence-electron chi connectivity index (χ1n) is 9.57. The average molecular weight is 428 g/mol. The SMILES string of the molecule is COc1ccc(S(=O)(=O)NC2=NCN(CCCN3CCOCC3)CN2)cc1OC. The number of benzene rings is 1. The Balaban J connectivity index is 1.50. The van der Waals surface area contributed by atoms with Gasteiger partial charge in [0.05, 0.1) is 45.7 Å². The van der Waals surface area contributed by atoms with Crippen LogP contribution in [0.15, 0.2) is 28.1 Å². The maximum absolute atomic E-state index is 12.6. The monoisotopic (exact) mass is 427 g/mol. The molecule has 2 aliphatic heterocycles. The number of rotatable bonds is 8. The lowest BCUT2D eigenvalue weighted by Crippen LogP contribution is -2.50. The maximum atomic E-state index is 12.6. The summed E-state index contributed by atoms with van der Waals surface area (Å²) in [7, 11) is -0.824. The fraction of sp³-hybridized carbons (Fsp3) is 0.611. The van der Waals surface area contributed by atoms with Crippen molar-refractivity contribution in [3.8, 4) is 11.5 Å². The molecule has 1 fully saturated rings. The van der Waals surface area contributed by atoms with E-state index in [1.165, 1.54) is 26.4 Å². The van der Waals surface area contributed by atoms with Crippen molar-refractivity contribution in [2.45, 2.75) is 11.3 Å². The minimum Gasteiger partial charge on any atom is -0.493 e. The molecule has 0 atom stereocenters. The van der Waals surface area contributed by atoms with Crippen molar-refractivity contribution in [2.24, 2.45) is 4.99 Å². The smallest absolute Gasteiger partial charge is 0.264 e. The minimum atomic E-state index is -3.78. The lowest BCUT2D eigenvalue weighted by Gasteiger charge is -2.29. The number of morpholine rings is 1. The molecule has 0 unspecified atom stereocenters. The van der Waals surface area contributed by atoms with Crippen molar-refractivity contribution in [3.05, 3.63) is 18.2 Å². The van der Waals surface area contributed by atoms with Crippen LogP contribution in [0.3, 0.4) is 0 Å². The van der Waals surface area contributed by atoms with Crippen molar-refractivity contribution in [3.63, 3.8) is 0 Å². The molecule has 0 radical (unpaired) electrons. The summed E-state index contributed by atoms with van der Waals surface area (Å²) in [6, 6.07) is 4.44. The molecule has 0 spiro atoms. The molecular formula is C18H29N5O5S. The quantitative estimate of drug-likeness (QED) is 0.592. The highest BCUT2D eigenvalue weighted by Gasteiger charge is 2.21. The standard InChI is InChI=1S/C18H29N5O5S/c1-26-16-5-4-15(12-17(16)27-2)29(24,25)21-18-19-13-23(14-20-18)7-3-6-22-8-10-28-11-9-22/h4-5,12H,3,6-11,13-14H2,1-2H3,(H2,19,20,21). The summed E-state index contributed by atoms with van der Waals surface area (Å²) in [6.45, 7) is 6.48. The Hall–Kier alpha value is -2.08. The molecule has 162 valence electrons. The number of aliphatic imine (C=N–C) groups is 1. The first kappa shape index (κ1) is 21.6. The minimum absolute atomic E-state index is 0.0765. The third-order valence-electron chi connectivity index (χ3n) is 4.85. The number of sulfonamides is 1. The van der Waals surface area contributed by atoms with E-state index in [1.807, 2.05) is 0 Å². The van der Waals surface area contributed by atoms with Gasteiger partial charge >= 0.3 is 0 Å². The fourth-order valence-electron chi connectivity index (χ4n) is 3.19. The Labute approximate surface area is 171 Å². The van der Waals surface area contributed by atoms with Crippen LogP contribution in [0.1, 0.15) is 6.42 Å². The zero-order valence-corrected chi connectivity index (χ0v) is 17.7. The van der Waals surface area contributed by atoms with E-state index in [9.17, 15) is 8.42 Å². The van der Waals surface area contributed by atoms with Gasteiger partial charge in [0.1, 0.15) is 0 Å². The highest BCUT2D eigenvalue weighted by atomic mass is 32.2. The lowest BCUT2D eigenvalue weighted by molar-refractivity contribution is 0.0360. The van der Waals surface area contributed by atoms with Gasteiger partial charge in [-0.2, -0.15) is 0 Å². The molecular weight excluding hydrogens is 398 g/mol. The average Bonchev–Trinajstić information content (AvgIpc) is 2.75. The van der Waals surface area contributed by atoms with Crippen LogP contribution in [0.4, 0.5) is 0 Å². The van der Waals surface area contributed by atoms with Crippen molar-refractivity contribution < 1.29 is 22.6 Å². The van der Waals surface area contributed by atoms with Gasteiger partial charge in [0.2, 0.25) is 5.96 Å². The van der Waals surface area contributed by atoms with Crippen LogP contribution in [0.5, 0.6) is 11.5 Å². The highest BCUT2D eigenvalue weighted by Crippen LogP contribution is 2.29. The summed E-state index contributed by atoms with van der Waals surface area (Å²) in [4.78, 5) is 8.92. The van der Waals surface area contributed by atoms with Crippen molar-refractivity contribution in [1.82, 2.24) is 19.8 Å². The molecule has 2 heterocycles. The number of guanidine groups is 1. The van der Waals surface area contributed by atoms with Gasteiger partial charge in [-0.15, -0.1) is 0 Å². The molecule has 2 N–H and O–H groups in total. The van der Waals surface area contributed by atoms with Crippen LogP contribution in [0.2, 0.25) is 0 Å². The third kappa shape index (κ3) is 5.95. The largest absolute Gasteiger partial charge is 0.493 e. The van der Waals surface area contributed by atoms with Gasteiger partial charge in [0, 0.05) is 25.7 Å². The topological polar surface area (TPSA) is 105 Å². The predicted octanol–water partition coefficient (Wildman–Crippen LogP) is -0.119.